The first-order valence-corrected chi connectivity index (χ1v) is 8.49. The summed E-state index contributed by atoms with van der Waals surface area (Å²) >= 11 is 5.23. The van der Waals surface area contributed by atoms with Crippen molar-refractivity contribution in [3.63, 3.8) is 0 Å². The lowest BCUT2D eigenvalue weighted by Crippen LogP contribution is -2.46. The molecule has 0 amide bonds. The van der Waals surface area contributed by atoms with Gasteiger partial charge in [-0.2, -0.15) is 0 Å². The third-order valence-corrected chi connectivity index (χ3v) is 5.29. The fraction of sp³-hybridized carbons (Fsp3) is 0.643. The number of rotatable bonds is 6. The fourth-order valence-electron chi connectivity index (χ4n) is 2.53. The van der Waals surface area contributed by atoms with Crippen molar-refractivity contribution in [1.82, 2.24) is 10.3 Å². The number of aromatic nitrogens is 1. The van der Waals surface area contributed by atoms with Crippen LogP contribution in [0.3, 0.4) is 0 Å². The molecule has 0 bridgehead atoms. The molecule has 1 aliphatic carbocycles. The van der Waals surface area contributed by atoms with Crippen molar-refractivity contribution >= 4 is 27.7 Å². The van der Waals surface area contributed by atoms with Crippen LogP contribution in [0.4, 0.5) is 0 Å². The SMILES string of the molecule is CCCNC1(CO)CCC(Sc2ccc(Br)cn2)C1. The van der Waals surface area contributed by atoms with Crippen molar-refractivity contribution < 1.29 is 5.11 Å². The molecule has 5 heteroatoms. The quantitative estimate of drug-likeness (QED) is 0.831. The number of aliphatic hydroxyl groups is 1. The van der Waals surface area contributed by atoms with Crippen molar-refractivity contribution in [2.75, 3.05) is 13.2 Å². The van der Waals surface area contributed by atoms with E-state index >= 15 is 0 Å². The van der Waals surface area contributed by atoms with Gasteiger partial charge in [0.15, 0.2) is 0 Å². The number of aliphatic hydroxyl groups excluding tert-OH is 1. The molecule has 0 saturated heterocycles. The van der Waals surface area contributed by atoms with E-state index in [-0.39, 0.29) is 12.1 Å². The molecule has 0 spiro atoms. The first-order chi connectivity index (χ1) is 9.17. The van der Waals surface area contributed by atoms with Gasteiger partial charge in [0.1, 0.15) is 0 Å². The zero-order valence-electron chi connectivity index (χ0n) is 11.2. The van der Waals surface area contributed by atoms with E-state index in [1.165, 1.54) is 0 Å². The molecule has 1 aromatic rings. The molecule has 1 aliphatic rings. The number of nitrogens with zero attached hydrogens (tertiary/aromatic N) is 1. The second-order valence-corrected chi connectivity index (χ2v) is 7.40. The van der Waals surface area contributed by atoms with Crippen LogP contribution in [0.1, 0.15) is 32.6 Å². The Kier molecular flexibility index (Phi) is 5.69. The van der Waals surface area contributed by atoms with Crippen LogP contribution in [0.25, 0.3) is 0 Å². The summed E-state index contributed by atoms with van der Waals surface area (Å²) in [6.07, 6.45) is 6.16. The third-order valence-electron chi connectivity index (χ3n) is 3.60. The molecular formula is C14H21BrN2OS. The molecular weight excluding hydrogens is 324 g/mol. The summed E-state index contributed by atoms with van der Waals surface area (Å²) < 4.78 is 1.01. The average Bonchev–Trinajstić information content (AvgIpc) is 2.83. The lowest BCUT2D eigenvalue weighted by Gasteiger charge is -2.28. The summed E-state index contributed by atoms with van der Waals surface area (Å²) in [5, 5.41) is 14.8. The summed E-state index contributed by atoms with van der Waals surface area (Å²) in [4.78, 5) is 4.41. The molecule has 2 unspecified atom stereocenters. The largest absolute Gasteiger partial charge is 0.394 e. The van der Waals surface area contributed by atoms with Gasteiger partial charge in [-0.05, 0) is 60.3 Å². The molecule has 2 N–H and O–H groups in total. The van der Waals surface area contributed by atoms with E-state index in [2.05, 4.69) is 33.2 Å². The van der Waals surface area contributed by atoms with Gasteiger partial charge < -0.3 is 10.4 Å². The summed E-state index contributed by atoms with van der Waals surface area (Å²) in [5.74, 6) is 0. The van der Waals surface area contributed by atoms with E-state index < -0.39 is 0 Å². The van der Waals surface area contributed by atoms with Crippen molar-refractivity contribution in [1.29, 1.82) is 0 Å². The Labute approximate surface area is 127 Å². The zero-order chi connectivity index (χ0) is 13.7. The Morgan fingerprint density at radius 3 is 3.05 bits per heavy atom. The molecule has 1 heterocycles. The fourth-order valence-corrected chi connectivity index (χ4v) is 4.01. The molecule has 2 atom stereocenters. The van der Waals surface area contributed by atoms with E-state index in [9.17, 15) is 5.11 Å². The highest BCUT2D eigenvalue weighted by molar-refractivity contribution is 9.10. The molecule has 106 valence electrons. The molecule has 2 rings (SSSR count). The number of pyridine rings is 1. The minimum atomic E-state index is -0.0664. The Bertz CT molecular complexity index is 401. The van der Waals surface area contributed by atoms with Crippen LogP contribution in [0.15, 0.2) is 27.8 Å². The minimum absolute atomic E-state index is 0.0664. The zero-order valence-corrected chi connectivity index (χ0v) is 13.6. The predicted molar refractivity (Wildman–Crippen MR) is 83.5 cm³/mol. The number of hydrogen-bond acceptors (Lipinski definition) is 4. The predicted octanol–water partition coefficient (Wildman–Crippen LogP) is 3.22. The van der Waals surface area contributed by atoms with Crippen LogP contribution in [0.5, 0.6) is 0 Å². The Morgan fingerprint density at radius 2 is 2.42 bits per heavy atom. The second-order valence-electron chi connectivity index (χ2n) is 5.16. The molecule has 0 aromatic carbocycles. The summed E-state index contributed by atoms with van der Waals surface area (Å²) in [5.41, 5.74) is -0.0664. The van der Waals surface area contributed by atoms with E-state index in [4.69, 9.17) is 0 Å². The number of nitrogens with one attached hydrogen (secondary N) is 1. The highest BCUT2D eigenvalue weighted by Gasteiger charge is 2.38. The first kappa shape index (κ1) is 15.3. The smallest absolute Gasteiger partial charge is 0.0963 e. The summed E-state index contributed by atoms with van der Waals surface area (Å²) in [6, 6.07) is 4.08. The van der Waals surface area contributed by atoms with Crippen LogP contribution in [0, 0.1) is 0 Å². The lowest BCUT2D eigenvalue weighted by molar-refractivity contribution is 0.165. The maximum absolute atomic E-state index is 9.67. The van der Waals surface area contributed by atoms with Crippen LogP contribution in [-0.2, 0) is 0 Å². The van der Waals surface area contributed by atoms with Crippen LogP contribution in [0.2, 0.25) is 0 Å². The Hall–Kier alpha value is -0.100. The monoisotopic (exact) mass is 344 g/mol. The lowest BCUT2D eigenvalue weighted by atomic mass is 9.99. The molecule has 1 fully saturated rings. The Morgan fingerprint density at radius 1 is 1.58 bits per heavy atom. The van der Waals surface area contributed by atoms with Crippen molar-refractivity contribution in [2.24, 2.45) is 0 Å². The maximum Gasteiger partial charge on any atom is 0.0963 e. The van der Waals surface area contributed by atoms with Gasteiger partial charge in [0.2, 0.25) is 0 Å². The summed E-state index contributed by atoms with van der Waals surface area (Å²) in [7, 11) is 0. The second kappa shape index (κ2) is 7.07. The molecule has 0 aliphatic heterocycles. The highest BCUT2D eigenvalue weighted by Crippen LogP contribution is 2.39. The average molecular weight is 345 g/mol. The summed E-state index contributed by atoms with van der Waals surface area (Å²) in [6.45, 7) is 3.37. The van der Waals surface area contributed by atoms with Gasteiger partial charge in [0, 0.05) is 21.5 Å². The number of hydrogen-bond donors (Lipinski definition) is 2. The van der Waals surface area contributed by atoms with Gasteiger partial charge in [-0.1, -0.05) is 6.92 Å². The van der Waals surface area contributed by atoms with Crippen LogP contribution in [-0.4, -0.2) is 34.0 Å². The van der Waals surface area contributed by atoms with E-state index in [0.717, 1.165) is 41.7 Å². The van der Waals surface area contributed by atoms with Crippen LogP contribution >= 0.6 is 27.7 Å². The first-order valence-electron chi connectivity index (χ1n) is 6.81. The molecule has 1 saturated carbocycles. The third kappa shape index (κ3) is 4.18. The van der Waals surface area contributed by atoms with Gasteiger partial charge in [0.05, 0.1) is 11.6 Å². The Balaban J connectivity index is 1.91. The van der Waals surface area contributed by atoms with Crippen molar-refractivity contribution in [3.05, 3.63) is 22.8 Å². The van der Waals surface area contributed by atoms with Gasteiger partial charge in [-0.25, -0.2) is 4.98 Å². The van der Waals surface area contributed by atoms with E-state index in [0.29, 0.717) is 5.25 Å². The molecule has 3 nitrogen and oxygen atoms in total. The minimum Gasteiger partial charge on any atom is -0.394 e. The van der Waals surface area contributed by atoms with Gasteiger partial charge >= 0.3 is 0 Å². The molecule has 19 heavy (non-hydrogen) atoms. The topological polar surface area (TPSA) is 45.1 Å². The van der Waals surface area contributed by atoms with Gasteiger partial charge in [-0.15, -0.1) is 11.8 Å². The van der Waals surface area contributed by atoms with E-state index in [1.807, 2.05) is 30.1 Å². The van der Waals surface area contributed by atoms with Crippen molar-refractivity contribution in [2.45, 2.75) is 48.4 Å². The maximum atomic E-state index is 9.67. The van der Waals surface area contributed by atoms with Gasteiger partial charge in [0.25, 0.3) is 0 Å². The van der Waals surface area contributed by atoms with Crippen molar-refractivity contribution in [3.8, 4) is 0 Å². The number of halogens is 1. The van der Waals surface area contributed by atoms with Crippen LogP contribution < -0.4 is 5.32 Å². The highest BCUT2D eigenvalue weighted by atomic mass is 79.9. The van der Waals surface area contributed by atoms with E-state index in [1.54, 1.807) is 0 Å². The standard InChI is InChI=1S/C14H21BrN2OS/c1-2-7-17-14(10-18)6-5-12(8-14)19-13-4-3-11(15)9-16-13/h3-4,9,12,17-18H,2,5-8,10H2,1H3. The normalized spacial score (nSPS) is 26.8. The number of thioether (sulfide) groups is 1. The molecule has 0 radical (unpaired) electrons. The molecule has 1 aromatic heterocycles. The van der Waals surface area contributed by atoms with Gasteiger partial charge in [-0.3, -0.25) is 0 Å².